The lowest BCUT2D eigenvalue weighted by molar-refractivity contribution is -0.137. The first kappa shape index (κ1) is 15.0. The number of ether oxygens (including phenoxy) is 1. The van der Waals surface area contributed by atoms with Crippen molar-refractivity contribution in [3.05, 3.63) is 23.4 Å². The Balaban J connectivity index is 1.44. The van der Waals surface area contributed by atoms with E-state index in [1.54, 1.807) is 30.3 Å². The number of aryl methyl sites for hydroxylation is 1. The highest BCUT2D eigenvalue weighted by atomic mass is 35.5. The molecule has 0 unspecified atom stereocenters. The smallest absolute Gasteiger partial charge is 0.233 e. The number of hydrogen-bond acceptors (Lipinski definition) is 7. The topological polar surface area (TPSA) is 86.0 Å². The zero-order valence-corrected chi connectivity index (χ0v) is 13.3. The van der Waals surface area contributed by atoms with Crippen molar-refractivity contribution in [2.45, 2.75) is 11.3 Å². The molecular formula is C12H13ClN6O2S. The zero-order chi connectivity index (χ0) is 15.5. The number of carbonyl (C=O) groups excluding carboxylic acids is 1. The lowest BCUT2D eigenvalue weighted by Crippen LogP contribution is -2.56. The minimum absolute atomic E-state index is 0.0277. The Morgan fingerprint density at radius 2 is 2.36 bits per heavy atom. The van der Waals surface area contributed by atoms with Crippen LogP contribution in [0, 0.1) is 0 Å². The second-order valence-electron chi connectivity index (χ2n) is 4.70. The third kappa shape index (κ3) is 3.30. The summed E-state index contributed by atoms with van der Waals surface area (Å²) in [5, 5.41) is 12.1. The summed E-state index contributed by atoms with van der Waals surface area (Å²) in [5.74, 6) is 0.728. The molecule has 0 aromatic carbocycles. The van der Waals surface area contributed by atoms with Crippen LogP contribution in [0.3, 0.4) is 0 Å². The van der Waals surface area contributed by atoms with Gasteiger partial charge in [-0.1, -0.05) is 23.4 Å². The van der Waals surface area contributed by atoms with Crippen molar-refractivity contribution in [1.82, 2.24) is 30.1 Å². The van der Waals surface area contributed by atoms with Crippen molar-refractivity contribution < 1.29 is 9.53 Å². The van der Waals surface area contributed by atoms with Crippen LogP contribution in [-0.4, -0.2) is 60.9 Å². The van der Waals surface area contributed by atoms with Gasteiger partial charge < -0.3 is 9.64 Å². The Hall–Kier alpha value is -1.87. The number of amides is 1. The molecule has 0 spiro atoms. The molecule has 0 aliphatic carbocycles. The van der Waals surface area contributed by atoms with Crippen molar-refractivity contribution in [3.63, 3.8) is 0 Å². The molecular weight excluding hydrogens is 328 g/mol. The summed E-state index contributed by atoms with van der Waals surface area (Å²) in [6.45, 7) is 1.06. The number of likely N-dealkylation sites (tertiary alicyclic amines) is 1. The van der Waals surface area contributed by atoms with Crippen molar-refractivity contribution >= 4 is 29.3 Å². The molecule has 3 rings (SSSR count). The summed E-state index contributed by atoms with van der Waals surface area (Å²) in [6, 6.07) is 3.46. The Morgan fingerprint density at radius 3 is 3.05 bits per heavy atom. The molecule has 1 aliphatic heterocycles. The summed E-state index contributed by atoms with van der Waals surface area (Å²) in [4.78, 5) is 17.8. The average Bonchev–Trinajstić information content (AvgIpc) is 2.87. The first-order valence-corrected chi connectivity index (χ1v) is 7.90. The van der Waals surface area contributed by atoms with Crippen LogP contribution in [0.25, 0.3) is 0 Å². The third-order valence-electron chi connectivity index (χ3n) is 3.11. The van der Waals surface area contributed by atoms with Crippen LogP contribution in [0.1, 0.15) is 0 Å². The highest BCUT2D eigenvalue weighted by molar-refractivity contribution is 7.99. The number of rotatable bonds is 5. The molecule has 1 aliphatic rings. The zero-order valence-electron chi connectivity index (χ0n) is 11.7. The second kappa shape index (κ2) is 6.49. The van der Waals surface area contributed by atoms with E-state index >= 15 is 0 Å². The molecule has 1 fully saturated rings. The van der Waals surface area contributed by atoms with Gasteiger partial charge in [-0.15, -0.1) is 5.10 Å². The molecule has 22 heavy (non-hydrogen) atoms. The van der Waals surface area contributed by atoms with Gasteiger partial charge in [-0.05, 0) is 22.6 Å². The van der Waals surface area contributed by atoms with Gasteiger partial charge in [0.05, 0.1) is 18.8 Å². The van der Waals surface area contributed by atoms with E-state index in [9.17, 15) is 4.79 Å². The number of halogens is 1. The maximum Gasteiger partial charge on any atom is 0.233 e. The molecule has 0 radical (unpaired) electrons. The molecule has 0 bridgehead atoms. The lowest BCUT2D eigenvalue weighted by Gasteiger charge is -2.38. The van der Waals surface area contributed by atoms with Crippen LogP contribution < -0.4 is 4.74 Å². The van der Waals surface area contributed by atoms with Crippen LogP contribution in [-0.2, 0) is 11.8 Å². The summed E-state index contributed by atoms with van der Waals surface area (Å²) in [6.07, 6.45) is 1.55. The molecule has 1 amide bonds. The molecule has 0 atom stereocenters. The number of hydrogen-bond donors (Lipinski definition) is 0. The minimum Gasteiger partial charge on any atom is -0.470 e. The van der Waals surface area contributed by atoms with Gasteiger partial charge in [0.2, 0.25) is 16.9 Å². The summed E-state index contributed by atoms with van der Waals surface area (Å²) < 4.78 is 7.18. The standard InChI is InChI=1S/C12H13ClN6O2S/c1-18-12(15-16-17-18)22-7-10(20)19-5-8(6-19)21-11-9(13)3-2-4-14-11/h2-4,8H,5-7H2,1H3. The van der Waals surface area contributed by atoms with E-state index < -0.39 is 0 Å². The Morgan fingerprint density at radius 1 is 1.55 bits per heavy atom. The highest BCUT2D eigenvalue weighted by Gasteiger charge is 2.32. The monoisotopic (exact) mass is 340 g/mol. The van der Waals surface area contributed by atoms with Crippen LogP contribution in [0.4, 0.5) is 0 Å². The fourth-order valence-electron chi connectivity index (χ4n) is 1.89. The van der Waals surface area contributed by atoms with Crippen molar-refractivity contribution in [2.24, 2.45) is 7.05 Å². The summed E-state index contributed by atoms with van der Waals surface area (Å²) in [7, 11) is 1.73. The number of nitrogens with zero attached hydrogens (tertiary/aromatic N) is 6. The summed E-state index contributed by atoms with van der Waals surface area (Å²) >= 11 is 7.29. The lowest BCUT2D eigenvalue weighted by atomic mass is 10.2. The van der Waals surface area contributed by atoms with E-state index in [2.05, 4.69) is 20.5 Å². The second-order valence-corrected chi connectivity index (χ2v) is 6.05. The van der Waals surface area contributed by atoms with Crippen LogP contribution >= 0.6 is 23.4 Å². The molecule has 0 saturated carbocycles. The van der Waals surface area contributed by atoms with Gasteiger partial charge in [0.1, 0.15) is 11.1 Å². The molecule has 3 heterocycles. The average molecular weight is 341 g/mol. The van der Waals surface area contributed by atoms with E-state index in [-0.39, 0.29) is 12.0 Å². The third-order valence-corrected chi connectivity index (χ3v) is 4.39. The van der Waals surface area contributed by atoms with Crippen molar-refractivity contribution in [1.29, 1.82) is 0 Å². The predicted octanol–water partition coefficient (Wildman–Crippen LogP) is 0.640. The van der Waals surface area contributed by atoms with Crippen molar-refractivity contribution in [3.8, 4) is 5.88 Å². The largest absolute Gasteiger partial charge is 0.470 e. The van der Waals surface area contributed by atoms with Crippen LogP contribution in [0.5, 0.6) is 5.88 Å². The van der Waals surface area contributed by atoms with Crippen LogP contribution in [0.2, 0.25) is 5.02 Å². The fourth-order valence-corrected chi connectivity index (χ4v) is 2.81. The number of carbonyl (C=O) groups is 1. The molecule has 2 aromatic rings. The van der Waals surface area contributed by atoms with Gasteiger partial charge in [0.25, 0.3) is 0 Å². The van der Waals surface area contributed by atoms with Gasteiger partial charge in [0, 0.05) is 13.2 Å². The first-order valence-electron chi connectivity index (χ1n) is 6.53. The van der Waals surface area contributed by atoms with Crippen molar-refractivity contribution in [2.75, 3.05) is 18.8 Å². The van der Waals surface area contributed by atoms with E-state index in [0.717, 1.165) is 0 Å². The van der Waals surface area contributed by atoms with Crippen LogP contribution in [0.15, 0.2) is 23.5 Å². The van der Waals surface area contributed by atoms with E-state index in [4.69, 9.17) is 16.3 Å². The van der Waals surface area contributed by atoms with E-state index in [1.165, 1.54) is 16.4 Å². The molecule has 1 saturated heterocycles. The van der Waals surface area contributed by atoms with E-state index in [1.807, 2.05) is 0 Å². The molecule has 10 heteroatoms. The van der Waals surface area contributed by atoms with Gasteiger partial charge >= 0.3 is 0 Å². The maximum atomic E-state index is 12.0. The number of thioether (sulfide) groups is 1. The van der Waals surface area contributed by atoms with Gasteiger partial charge in [-0.2, -0.15) is 0 Å². The van der Waals surface area contributed by atoms with E-state index in [0.29, 0.717) is 34.9 Å². The molecule has 0 N–H and O–H groups in total. The normalized spacial score (nSPS) is 14.7. The molecule has 8 nitrogen and oxygen atoms in total. The summed E-state index contributed by atoms with van der Waals surface area (Å²) in [5.41, 5.74) is 0. The fraction of sp³-hybridized carbons (Fsp3) is 0.417. The Labute approximate surface area is 135 Å². The van der Waals surface area contributed by atoms with Gasteiger partial charge in [-0.25, -0.2) is 9.67 Å². The van der Waals surface area contributed by atoms with Gasteiger partial charge in [0.15, 0.2) is 0 Å². The molecule has 116 valence electrons. The highest BCUT2D eigenvalue weighted by Crippen LogP contribution is 2.24. The number of aromatic nitrogens is 5. The molecule has 2 aromatic heterocycles. The number of pyridine rings is 1. The quantitative estimate of drug-likeness (QED) is 0.738. The van der Waals surface area contributed by atoms with Gasteiger partial charge in [-0.3, -0.25) is 4.79 Å². The maximum absolute atomic E-state index is 12.0. The first-order chi connectivity index (χ1) is 10.6. The number of tetrazole rings is 1. The SMILES string of the molecule is Cn1nnnc1SCC(=O)N1CC(Oc2ncccc2Cl)C1. The predicted molar refractivity (Wildman–Crippen MR) is 79.8 cm³/mol. The minimum atomic E-state index is -0.0714. The Bertz CT molecular complexity index is 675. The Kier molecular flexibility index (Phi) is 4.44.